The Morgan fingerprint density at radius 3 is 2.76 bits per heavy atom. The summed E-state index contributed by atoms with van der Waals surface area (Å²) in [6, 6.07) is 7.81. The second-order valence-corrected chi connectivity index (χ2v) is 6.16. The number of rotatable bonds is 5. The summed E-state index contributed by atoms with van der Waals surface area (Å²) in [4.78, 5) is 13.1. The third-order valence-corrected chi connectivity index (χ3v) is 4.42. The highest BCUT2D eigenvalue weighted by molar-refractivity contribution is 7.16. The Morgan fingerprint density at radius 1 is 1.41 bits per heavy atom. The summed E-state index contributed by atoms with van der Waals surface area (Å²) >= 11 is 9.07. The van der Waals surface area contributed by atoms with E-state index in [9.17, 15) is 4.79 Å². The lowest BCUT2D eigenvalue weighted by molar-refractivity contribution is -0.117. The molecule has 0 aliphatic rings. The molecule has 3 N–H and O–H groups in total. The minimum atomic E-state index is -0.366. The largest absolute Gasteiger partial charge is 0.369 e. The molecule has 2 heterocycles. The first kappa shape index (κ1) is 12.6. The maximum Gasteiger partial charge on any atom is 0.231 e. The molecule has 1 unspecified atom stereocenters. The summed E-state index contributed by atoms with van der Waals surface area (Å²) in [5.41, 5.74) is 5.16. The van der Waals surface area contributed by atoms with Crippen molar-refractivity contribution in [2.45, 2.75) is 6.04 Å². The Kier molecular flexibility index (Phi) is 4.17. The van der Waals surface area contributed by atoms with Crippen molar-refractivity contribution in [2.24, 2.45) is 5.73 Å². The van der Waals surface area contributed by atoms with Crippen LogP contribution in [0, 0.1) is 0 Å². The van der Waals surface area contributed by atoms with Gasteiger partial charge in [-0.3, -0.25) is 10.1 Å². The van der Waals surface area contributed by atoms with Crippen LogP contribution in [-0.4, -0.2) is 12.5 Å². The van der Waals surface area contributed by atoms with E-state index in [1.54, 1.807) is 11.3 Å². The molecule has 2 aromatic rings. The van der Waals surface area contributed by atoms with Gasteiger partial charge in [-0.25, -0.2) is 0 Å². The van der Waals surface area contributed by atoms with Crippen molar-refractivity contribution in [1.29, 1.82) is 0 Å². The van der Waals surface area contributed by atoms with Gasteiger partial charge < -0.3 is 5.73 Å². The Bertz CT molecular complexity index is 495. The van der Waals surface area contributed by atoms with E-state index < -0.39 is 0 Å². The van der Waals surface area contributed by atoms with E-state index in [0.717, 1.165) is 14.1 Å². The molecule has 0 aliphatic heterocycles. The normalized spacial score (nSPS) is 12.5. The summed E-state index contributed by atoms with van der Waals surface area (Å²) < 4.78 is 0.738. The van der Waals surface area contributed by atoms with Crippen LogP contribution in [0.1, 0.15) is 15.8 Å². The highest BCUT2D eigenvalue weighted by Gasteiger charge is 2.17. The standard InChI is InChI=1S/C11H11ClN2OS2/c12-9-4-3-8(17-9)11(14-6-10(13)15)7-2-1-5-16-7/h1-5,11,14H,6H2,(H2,13,15). The first-order chi connectivity index (χ1) is 8.16. The lowest BCUT2D eigenvalue weighted by atomic mass is 10.2. The van der Waals surface area contributed by atoms with Gasteiger partial charge in [-0.1, -0.05) is 17.7 Å². The SMILES string of the molecule is NC(=O)CNC(c1cccs1)c1ccc(Cl)s1. The predicted molar refractivity (Wildman–Crippen MR) is 72.7 cm³/mol. The molecule has 0 saturated carbocycles. The number of halogens is 1. The van der Waals surface area contributed by atoms with Crippen molar-refractivity contribution in [3.05, 3.63) is 43.7 Å². The monoisotopic (exact) mass is 286 g/mol. The van der Waals surface area contributed by atoms with Crippen LogP contribution in [0.15, 0.2) is 29.6 Å². The second kappa shape index (κ2) is 5.64. The van der Waals surface area contributed by atoms with Gasteiger partial charge in [-0.05, 0) is 23.6 Å². The molecule has 0 bridgehead atoms. The summed E-state index contributed by atoms with van der Waals surface area (Å²) in [6.07, 6.45) is 0. The van der Waals surface area contributed by atoms with E-state index in [1.807, 2.05) is 29.6 Å². The summed E-state index contributed by atoms with van der Waals surface area (Å²) in [5, 5.41) is 5.14. The first-order valence-electron chi connectivity index (χ1n) is 4.97. The molecular formula is C11H11ClN2OS2. The van der Waals surface area contributed by atoms with Crippen molar-refractivity contribution in [2.75, 3.05) is 6.54 Å². The van der Waals surface area contributed by atoms with Crippen LogP contribution >= 0.6 is 34.3 Å². The average molecular weight is 287 g/mol. The molecular weight excluding hydrogens is 276 g/mol. The van der Waals surface area contributed by atoms with Gasteiger partial charge in [0.25, 0.3) is 0 Å². The molecule has 0 fully saturated rings. The zero-order chi connectivity index (χ0) is 12.3. The summed E-state index contributed by atoms with van der Waals surface area (Å²) in [5.74, 6) is -0.366. The number of carbonyl (C=O) groups excluding carboxylic acids is 1. The molecule has 0 saturated heterocycles. The molecule has 90 valence electrons. The molecule has 0 aromatic carbocycles. The van der Waals surface area contributed by atoms with E-state index in [1.165, 1.54) is 11.3 Å². The van der Waals surface area contributed by atoms with Crippen molar-refractivity contribution in [1.82, 2.24) is 5.32 Å². The molecule has 0 spiro atoms. The van der Waals surface area contributed by atoms with Gasteiger partial charge in [-0.15, -0.1) is 22.7 Å². The van der Waals surface area contributed by atoms with Gasteiger partial charge in [0.1, 0.15) is 0 Å². The number of nitrogens with one attached hydrogen (secondary N) is 1. The minimum absolute atomic E-state index is 0.0139. The van der Waals surface area contributed by atoms with E-state index >= 15 is 0 Å². The zero-order valence-electron chi connectivity index (χ0n) is 8.85. The second-order valence-electron chi connectivity index (χ2n) is 3.44. The molecule has 2 aromatic heterocycles. The number of amides is 1. The number of hydrogen-bond acceptors (Lipinski definition) is 4. The van der Waals surface area contributed by atoms with Gasteiger partial charge >= 0.3 is 0 Å². The van der Waals surface area contributed by atoms with Crippen LogP contribution < -0.4 is 11.1 Å². The van der Waals surface area contributed by atoms with Gasteiger partial charge in [-0.2, -0.15) is 0 Å². The van der Waals surface area contributed by atoms with Crippen molar-refractivity contribution in [3.8, 4) is 0 Å². The number of nitrogens with two attached hydrogens (primary N) is 1. The van der Waals surface area contributed by atoms with E-state index in [0.29, 0.717) is 0 Å². The van der Waals surface area contributed by atoms with E-state index in [-0.39, 0.29) is 18.5 Å². The van der Waals surface area contributed by atoms with Gasteiger partial charge in [0.2, 0.25) is 5.91 Å². The highest BCUT2D eigenvalue weighted by Crippen LogP contribution is 2.32. The molecule has 6 heteroatoms. The number of thiophene rings is 2. The zero-order valence-corrected chi connectivity index (χ0v) is 11.2. The Labute approximate surface area is 112 Å². The molecule has 0 radical (unpaired) electrons. The molecule has 17 heavy (non-hydrogen) atoms. The van der Waals surface area contributed by atoms with Crippen molar-refractivity contribution >= 4 is 40.2 Å². The van der Waals surface area contributed by atoms with E-state index in [2.05, 4.69) is 5.32 Å². The lowest BCUT2D eigenvalue weighted by Gasteiger charge is -2.14. The molecule has 0 aliphatic carbocycles. The third-order valence-electron chi connectivity index (χ3n) is 2.19. The Hall–Kier alpha value is -0.880. The quantitative estimate of drug-likeness (QED) is 0.888. The lowest BCUT2D eigenvalue weighted by Crippen LogP contribution is -2.31. The van der Waals surface area contributed by atoms with Gasteiger partial charge in [0.15, 0.2) is 0 Å². The fraction of sp³-hybridized carbons (Fsp3) is 0.182. The molecule has 3 nitrogen and oxygen atoms in total. The fourth-order valence-electron chi connectivity index (χ4n) is 1.48. The van der Waals surface area contributed by atoms with Crippen molar-refractivity contribution in [3.63, 3.8) is 0 Å². The first-order valence-corrected chi connectivity index (χ1v) is 7.04. The van der Waals surface area contributed by atoms with Gasteiger partial charge in [0.05, 0.1) is 16.9 Å². The third kappa shape index (κ3) is 3.29. The van der Waals surface area contributed by atoms with Gasteiger partial charge in [0, 0.05) is 9.75 Å². The fourth-order valence-corrected chi connectivity index (χ4v) is 3.53. The van der Waals surface area contributed by atoms with Crippen LogP contribution in [0.25, 0.3) is 0 Å². The topological polar surface area (TPSA) is 55.1 Å². The summed E-state index contributed by atoms with van der Waals surface area (Å²) in [7, 11) is 0. The average Bonchev–Trinajstić information content (AvgIpc) is 2.90. The maximum atomic E-state index is 10.9. The van der Waals surface area contributed by atoms with E-state index in [4.69, 9.17) is 17.3 Å². The number of carbonyl (C=O) groups is 1. The Morgan fingerprint density at radius 2 is 2.24 bits per heavy atom. The van der Waals surface area contributed by atoms with Crippen molar-refractivity contribution < 1.29 is 4.79 Å². The minimum Gasteiger partial charge on any atom is -0.369 e. The van der Waals surface area contributed by atoms with Crippen LogP contribution in [0.2, 0.25) is 4.34 Å². The van der Waals surface area contributed by atoms with Crippen LogP contribution in [0.3, 0.4) is 0 Å². The smallest absolute Gasteiger partial charge is 0.231 e. The number of hydrogen-bond donors (Lipinski definition) is 2. The van der Waals surface area contributed by atoms with Crippen LogP contribution in [-0.2, 0) is 4.79 Å². The molecule has 2 rings (SSSR count). The van der Waals surface area contributed by atoms with Crippen LogP contribution in [0.4, 0.5) is 0 Å². The number of primary amides is 1. The Balaban J connectivity index is 2.21. The van der Waals surface area contributed by atoms with Crippen LogP contribution in [0.5, 0.6) is 0 Å². The summed E-state index contributed by atoms with van der Waals surface area (Å²) in [6.45, 7) is 0.151. The molecule has 1 atom stereocenters. The highest BCUT2D eigenvalue weighted by atomic mass is 35.5. The maximum absolute atomic E-state index is 10.9. The predicted octanol–water partition coefficient (Wildman–Crippen LogP) is 2.63. The molecule has 1 amide bonds.